The summed E-state index contributed by atoms with van der Waals surface area (Å²) in [6.07, 6.45) is 3.40. The molecule has 2 aromatic rings. The van der Waals surface area contributed by atoms with Crippen LogP contribution in [0.3, 0.4) is 0 Å². The third kappa shape index (κ3) is 3.10. The second kappa shape index (κ2) is 6.30. The monoisotopic (exact) mass is 342 g/mol. The van der Waals surface area contributed by atoms with Gasteiger partial charge in [0, 0.05) is 24.9 Å². The van der Waals surface area contributed by atoms with Gasteiger partial charge in [0.05, 0.1) is 22.7 Å². The van der Waals surface area contributed by atoms with Crippen LogP contribution in [0.25, 0.3) is 0 Å². The van der Waals surface area contributed by atoms with Crippen molar-refractivity contribution >= 4 is 17.1 Å². The number of para-hydroxylation sites is 1. The molecule has 0 bridgehead atoms. The van der Waals surface area contributed by atoms with Gasteiger partial charge in [-0.25, -0.2) is 4.98 Å². The molecule has 1 atom stereocenters. The number of ketones is 1. The number of aromatic nitrogens is 1. The number of thiazole rings is 1. The highest BCUT2D eigenvalue weighted by molar-refractivity contribution is 7.09. The molecule has 1 unspecified atom stereocenters. The minimum atomic E-state index is -0.321. The lowest BCUT2D eigenvalue weighted by atomic mass is 9.84. The number of aryl methyl sites for hydroxylation is 1. The average molecular weight is 342 g/mol. The summed E-state index contributed by atoms with van der Waals surface area (Å²) in [5, 5.41) is 3.27. The summed E-state index contributed by atoms with van der Waals surface area (Å²) >= 11 is 1.71. The van der Waals surface area contributed by atoms with Crippen molar-refractivity contribution in [3.63, 3.8) is 0 Å². The third-order valence-electron chi connectivity index (χ3n) is 5.04. The maximum Gasteiger partial charge on any atom is 0.170 e. The summed E-state index contributed by atoms with van der Waals surface area (Å²) in [6, 6.07) is 7.65. The Morgan fingerprint density at radius 2 is 2.17 bits per heavy atom. The van der Waals surface area contributed by atoms with E-state index in [4.69, 9.17) is 4.74 Å². The average Bonchev–Trinajstić information content (AvgIpc) is 2.88. The number of rotatable bonds is 2. The van der Waals surface area contributed by atoms with Crippen molar-refractivity contribution in [2.24, 2.45) is 0 Å². The molecular formula is C19H22N2O2S. The van der Waals surface area contributed by atoms with E-state index in [9.17, 15) is 4.79 Å². The number of nitrogens with zero attached hydrogens (tertiary/aromatic N) is 2. The van der Waals surface area contributed by atoms with E-state index < -0.39 is 0 Å². The molecule has 0 amide bonds. The zero-order chi connectivity index (χ0) is 16.6. The van der Waals surface area contributed by atoms with Gasteiger partial charge in [-0.05, 0) is 38.4 Å². The topological polar surface area (TPSA) is 42.4 Å². The van der Waals surface area contributed by atoms with Crippen LogP contribution in [-0.2, 0) is 6.54 Å². The Morgan fingerprint density at radius 3 is 3.00 bits per heavy atom. The maximum absolute atomic E-state index is 12.5. The Kier molecular flexibility index (Phi) is 4.14. The van der Waals surface area contributed by atoms with Gasteiger partial charge in [-0.2, -0.15) is 0 Å². The lowest BCUT2D eigenvalue weighted by molar-refractivity contribution is 0.0298. The fourth-order valence-electron chi connectivity index (χ4n) is 3.81. The SMILES string of the molecule is Cc1nc(CN2CCCC3(CC2)CC(=O)c2ccccc2O3)cs1. The molecule has 4 rings (SSSR count). The number of benzene rings is 1. The second-order valence-corrected chi connectivity index (χ2v) is 7.93. The van der Waals surface area contributed by atoms with Crippen LogP contribution in [0.15, 0.2) is 29.6 Å². The van der Waals surface area contributed by atoms with Crippen LogP contribution in [0.4, 0.5) is 0 Å². The summed E-state index contributed by atoms with van der Waals surface area (Å²) in [7, 11) is 0. The molecule has 4 nitrogen and oxygen atoms in total. The summed E-state index contributed by atoms with van der Waals surface area (Å²) in [6.45, 7) is 4.93. The highest BCUT2D eigenvalue weighted by Crippen LogP contribution is 2.39. The number of fused-ring (bicyclic) bond motifs is 1. The van der Waals surface area contributed by atoms with Gasteiger partial charge in [0.15, 0.2) is 5.78 Å². The number of ether oxygens (including phenoxy) is 1. The fraction of sp³-hybridized carbons (Fsp3) is 0.474. The molecule has 5 heteroatoms. The highest BCUT2D eigenvalue weighted by Gasteiger charge is 2.41. The van der Waals surface area contributed by atoms with Crippen LogP contribution in [0.2, 0.25) is 0 Å². The van der Waals surface area contributed by atoms with Gasteiger partial charge in [0.2, 0.25) is 0 Å². The lowest BCUT2D eigenvalue weighted by Gasteiger charge is -2.37. The van der Waals surface area contributed by atoms with Crippen molar-refractivity contribution in [1.29, 1.82) is 0 Å². The smallest absolute Gasteiger partial charge is 0.170 e. The van der Waals surface area contributed by atoms with Crippen molar-refractivity contribution in [3.05, 3.63) is 45.9 Å². The number of hydrogen-bond donors (Lipinski definition) is 0. The number of hydrogen-bond acceptors (Lipinski definition) is 5. The molecule has 24 heavy (non-hydrogen) atoms. The van der Waals surface area contributed by atoms with Crippen molar-refractivity contribution in [2.75, 3.05) is 13.1 Å². The van der Waals surface area contributed by atoms with Crippen molar-refractivity contribution in [3.8, 4) is 5.75 Å². The fourth-order valence-corrected chi connectivity index (χ4v) is 4.42. The molecule has 1 aromatic carbocycles. The van der Waals surface area contributed by atoms with E-state index in [1.54, 1.807) is 11.3 Å². The van der Waals surface area contributed by atoms with Crippen molar-refractivity contribution in [1.82, 2.24) is 9.88 Å². The molecular weight excluding hydrogens is 320 g/mol. The van der Waals surface area contributed by atoms with Gasteiger partial charge in [0.1, 0.15) is 11.4 Å². The molecule has 2 aliphatic heterocycles. The van der Waals surface area contributed by atoms with E-state index >= 15 is 0 Å². The summed E-state index contributed by atoms with van der Waals surface area (Å²) in [5.41, 5.74) is 1.57. The van der Waals surface area contributed by atoms with Crippen LogP contribution >= 0.6 is 11.3 Å². The van der Waals surface area contributed by atoms with Crippen LogP contribution in [0, 0.1) is 6.92 Å². The van der Waals surface area contributed by atoms with Crippen LogP contribution in [0.1, 0.15) is 46.7 Å². The number of carbonyl (C=O) groups excluding carboxylic acids is 1. The van der Waals surface area contributed by atoms with Crippen molar-refractivity contribution in [2.45, 2.75) is 44.8 Å². The zero-order valence-electron chi connectivity index (χ0n) is 14.0. The molecule has 0 saturated carbocycles. The number of likely N-dealkylation sites (tertiary alicyclic amines) is 1. The Morgan fingerprint density at radius 1 is 1.29 bits per heavy atom. The summed E-state index contributed by atoms with van der Waals surface area (Å²) < 4.78 is 6.35. The summed E-state index contributed by atoms with van der Waals surface area (Å²) in [4.78, 5) is 19.6. The molecule has 1 aromatic heterocycles. The second-order valence-electron chi connectivity index (χ2n) is 6.87. The molecule has 0 radical (unpaired) electrons. The molecule has 2 aliphatic rings. The Balaban J connectivity index is 1.48. The lowest BCUT2D eigenvalue weighted by Crippen LogP contribution is -2.42. The van der Waals surface area contributed by atoms with Gasteiger partial charge >= 0.3 is 0 Å². The standard InChI is InChI=1S/C19H22N2O2S/c1-14-20-15(13-24-14)12-21-9-4-7-19(8-10-21)11-17(22)16-5-2-3-6-18(16)23-19/h2-3,5-6,13H,4,7-12H2,1H3. The van der Waals surface area contributed by atoms with E-state index in [0.717, 1.165) is 60.9 Å². The largest absolute Gasteiger partial charge is 0.486 e. The maximum atomic E-state index is 12.5. The first-order valence-corrected chi connectivity index (χ1v) is 9.46. The normalized spacial score (nSPS) is 24.5. The molecule has 1 spiro atoms. The molecule has 3 heterocycles. The van der Waals surface area contributed by atoms with Gasteiger partial charge in [0.25, 0.3) is 0 Å². The highest BCUT2D eigenvalue weighted by atomic mass is 32.1. The van der Waals surface area contributed by atoms with Crippen LogP contribution in [0.5, 0.6) is 5.75 Å². The first-order chi connectivity index (χ1) is 11.6. The Labute approximate surface area is 146 Å². The van der Waals surface area contributed by atoms with Gasteiger partial charge in [-0.3, -0.25) is 9.69 Å². The predicted octanol–water partition coefficient (Wildman–Crippen LogP) is 3.84. The summed E-state index contributed by atoms with van der Waals surface area (Å²) in [5.74, 6) is 0.984. The molecule has 1 saturated heterocycles. The number of carbonyl (C=O) groups is 1. The van der Waals surface area contributed by atoms with E-state index in [-0.39, 0.29) is 11.4 Å². The van der Waals surface area contributed by atoms with Gasteiger partial charge < -0.3 is 4.74 Å². The van der Waals surface area contributed by atoms with Crippen molar-refractivity contribution < 1.29 is 9.53 Å². The van der Waals surface area contributed by atoms with E-state index in [1.807, 2.05) is 31.2 Å². The van der Waals surface area contributed by atoms with Crippen LogP contribution in [-0.4, -0.2) is 34.4 Å². The Bertz CT molecular complexity index is 757. The van der Waals surface area contributed by atoms with Crippen LogP contribution < -0.4 is 4.74 Å². The molecule has 0 N–H and O–H groups in total. The molecule has 1 fully saturated rings. The minimum absolute atomic E-state index is 0.223. The molecule has 0 aliphatic carbocycles. The van der Waals surface area contributed by atoms with Gasteiger partial charge in [-0.15, -0.1) is 11.3 Å². The third-order valence-corrected chi connectivity index (χ3v) is 5.86. The van der Waals surface area contributed by atoms with E-state index in [2.05, 4.69) is 15.3 Å². The quantitative estimate of drug-likeness (QED) is 0.831. The van der Waals surface area contributed by atoms with Gasteiger partial charge in [-0.1, -0.05) is 12.1 Å². The predicted molar refractivity (Wildman–Crippen MR) is 94.7 cm³/mol. The Hall–Kier alpha value is -1.72. The first-order valence-electron chi connectivity index (χ1n) is 8.58. The van der Waals surface area contributed by atoms with E-state index in [0.29, 0.717) is 6.42 Å². The first kappa shape index (κ1) is 15.8. The van der Waals surface area contributed by atoms with E-state index in [1.165, 1.54) is 0 Å². The zero-order valence-corrected chi connectivity index (χ0v) is 14.8. The minimum Gasteiger partial charge on any atom is -0.486 e. The molecule has 126 valence electrons. The number of Topliss-reactive ketones (excluding diaryl/α,β-unsaturated/α-hetero) is 1.